The van der Waals surface area contributed by atoms with E-state index in [2.05, 4.69) is 5.32 Å². The molecule has 3 aromatic carbocycles. The van der Waals surface area contributed by atoms with Crippen molar-refractivity contribution < 1.29 is 18.3 Å². The summed E-state index contributed by atoms with van der Waals surface area (Å²) in [4.78, 5) is 0. The molecule has 140 valence electrons. The molecular formula is C22H20F3NO. The minimum Gasteiger partial charge on any atom is -0.378 e. The van der Waals surface area contributed by atoms with Gasteiger partial charge in [0, 0.05) is 12.1 Å². The van der Waals surface area contributed by atoms with Crippen LogP contribution in [0.1, 0.15) is 17.2 Å². The second-order valence-corrected chi connectivity index (χ2v) is 6.44. The van der Waals surface area contributed by atoms with Crippen molar-refractivity contribution >= 4 is 5.69 Å². The predicted molar refractivity (Wildman–Crippen MR) is 100 cm³/mol. The molecule has 0 aliphatic rings. The van der Waals surface area contributed by atoms with Crippen LogP contribution in [-0.2, 0) is 6.42 Å². The second-order valence-electron chi connectivity index (χ2n) is 6.44. The third kappa shape index (κ3) is 4.31. The summed E-state index contributed by atoms with van der Waals surface area (Å²) in [6.45, 7) is 0. The lowest BCUT2D eigenvalue weighted by atomic mass is 9.82. The minimum atomic E-state index is -4.84. The minimum absolute atomic E-state index is 0.358. The molecule has 2 unspecified atom stereocenters. The topological polar surface area (TPSA) is 32.3 Å². The van der Waals surface area contributed by atoms with E-state index in [1.54, 1.807) is 91.0 Å². The number of alkyl halides is 3. The maximum Gasteiger partial charge on any atom is 0.419 e. The molecule has 0 saturated heterocycles. The molecule has 2 atom stereocenters. The molecule has 0 radical (unpaired) electrons. The lowest BCUT2D eigenvalue weighted by molar-refractivity contribution is -0.266. The number of aliphatic hydroxyl groups is 1. The summed E-state index contributed by atoms with van der Waals surface area (Å²) in [5.74, 6) is 0. The van der Waals surface area contributed by atoms with Crippen molar-refractivity contribution in [3.8, 4) is 0 Å². The van der Waals surface area contributed by atoms with Crippen LogP contribution in [0.15, 0.2) is 91.0 Å². The molecular weight excluding hydrogens is 351 g/mol. The smallest absolute Gasteiger partial charge is 0.378 e. The van der Waals surface area contributed by atoms with E-state index in [1.165, 1.54) is 0 Å². The van der Waals surface area contributed by atoms with Crippen molar-refractivity contribution in [1.29, 1.82) is 0 Å². The van der Waals surface area contributed by atoms with Crippen LogP contribution in [0.5, 0.6) is 0 Å². The van der Waals surface area contributed by atoms with Gasteiger partial charge >= 0.3 is 6.18 Å². The van der Waals surface area contributed by atoms with Crippen LogP contribution in [0.2, 0.25) is 0 Å². The molecule has 0 aromatic heterocycles. The summed E-state index contributed by atoms with van der Waals surface area (Å²) in [5, 5.41) is 13.9. The molecule has 27 heavy (non-hydrogen) atoms. The zero-order valence-corrected chi connectivity index (χ0v) is 14.5. The molecule has 0 fully saturated rings. The lowest BCUT2D eigenvalue weighted by Crippen LogP contribution is -2.54. The Bertz CT molecular complexity index is 838. The first-order valence-electron chi connectivity index (χ1n) is 8.60. The standard InChI is InChI=1S/C22H20F3NO/c23-22(24,25)21(27,16-17-10-4-1-5-11-17)20(18-12-6-2-7-13-18)26-19-14-8-3-9-15-19/h1-15,20,26-27H,16H2. The third-order valence-corrected chi connectivity index (χ3v) is 4.50. The maximum atomic E-state index is 14.1. The molecule has 0 aliphatic heterocycles. The SMILES string of the molecule is OC(Cc1ccccc1)(C(Nc1ccccc1)c1ccccc1)C(F)(F)F. The second kappa shape index (κ2) is 7.84. The Hall–Kier alpha value is -2.79. The highest BCUT2D eigenvalue weighted by Gasteiger charge is 2.59. The monoisotopic (exact) mass is 371 g/mol. The largest absolute Gasteiger partial charge is 0.419 e. The third-order valence-electron chi connectivity index (χ3n) is 4.50. The van der Waals surface area contributed by atoms with Gasteiger partial charge in [-0.2, -0.15) is 13.2 Å². The fourth-order valence-electron chi connectivity index (χ4n) is 3.10. The zero-order chi connectivity index (χ0) is 19.3. The average Bonchev–Trinajstić information content (AvgIpc) is 2.67. The van der Waals surface area contributed by atoms with E-state index < -0.39 is 24.2 Å². The van der Waals surface area contributed by atoms with Crippen molar-refractivity contribution in [3.63, 3.8) is 0 Å². The summed E-state index contributed by atoms with van der Waals surface area (Å²) < 4.78 is 42.4. The Labute approximate surface area is 156 Å². The van der Waals surface area contributed by atoms with Gasteiger partial charge in [0.2, 0.25) is 0 Å². The number of benzene rings is 3. The van der Waals surface area contributed by atoms with Gasteiger partial charge in [-0.1, -0.05) is 78.9 Å². The van der Waals surface area contributed by atoms with E-state index in [1.807, 2.05) is 0 Å². The number of hydrogen-bond acceptors (Lipinski definition) is 2. The van der Waals surface area contributed by atoms with Gasteiger partial charge in [0.25, 0.3) is 0 Å². The van der Waals surface area contributed by atoms with Crippen LogP contribution in [0.4, 0.5) is 18.9 Å². The Morgan fingerprint density at radius 2 is 1.22 bits per heavy atom. The molecule has 5 heteroatoms. The quantitative estimate of drug-likeness (QED) is 0.610. The highest BCUT2D eigenvalue weighted by Crippen LogP contribution is 2.44. The first-order valence-corrected chi connectivity index (χ1v) is 8.60. The van der Waals surface area contributed by atoms with Crippen LogP contribution >= 0.6 is 0 Å². The molecule has 0 amide bonds. The summed E-state index contributed by atoms with van der Waals surface area (Å²) in [5.41, 5.74) is -1.72. The zero-order valence-electron chi connectivity index (χ0n) is 14.5. The Morgan fingerprint density at radius 1 is 0.741 bits per heavy atom. The summed E-state index contributed by atoms with van der Waals surface area (Å²) in [7, 11) is 0. The van der Waals surface area contributed by atoms with Crippen LogP contribution in [-0.4, -0.2) is 16.9 Å². The fourth-order valence-corrected chi connectivity index (χ4v) is 3.10. The molecule has 0 saturated carbocycles. The number of nitrogens with one attached hydrogen (secondary N) is 1. The first-order chi connectivity index (χ1) is 12.9. The Balaban J connectivity index is 2.07. The Morgan fingerprint density at radius 3 is 1.74 bits per heavy atom. The highest BCUT2D eigenvalue weighted by atomic mass is 19.4. The normalized spacial score (nSPS) is 15.0. The van der Waals surface area contributed by atoms with E-state index in [0.29, 0.717) is 16.8 Å². The Kier molecular flexibility index (Phi) is 5.51. The molecule has 2 nitrogen and oxygen atoms in total. The van der Waals surface area contributed by atoms with Gasteiger partial charge in [0.15, 0.2) is 5.60 Å². The van der Waals surface area contributed by atoms with Gasteiger partial charge in [0.1, 0.15) is 0 Å². The van der Waals surface area contributed by atoms with E-state index in [4.69, 9.17) is 0 Å². The number of hydrogen-bond donors (Lipinski definition) is 2. The summed E-state index contributed by atoms with van der Waals surface area (Å²) >= 11 is 0. The summed E-state index contributed by atoms with van der Waals surface area (Å²) in [6.07, 6.45) is -5.40. The highest BCUT2D eigenvalue weighted by molar-refractivity contribution is 5.47. The summed E-state index contributed by atoms with van der Waals surface area (Å²) in [6, 6.07) is 23.7. The van der Waals surface area contributed by atoms with Crippen LogP contribution in [0.25, 0.3) is 0 Å². The van der Waals surface area contributed by atoms with Crippen molar-refractivity contribution in [2.45, 2.75) is 24.2 Å². The van der Waals surface area contributed by atoms with Gasteiger partial charge in [-0.15, -0.1) is 0 Å². The van der Waals surface area contributed by atoms with Gasteiger partial charge < -0.3 is 10.4 Å². The molecule has 0 spiro atoms. The van der Waals surface area contributed by atoms with Crippen LogP contribution < -0.4 is 5.32 Å². The number of rotatable bonds is 6. The molecule has 0 bridgehead atoms. The van der Waals surface area contributed by atoms with Crippen LogP contribution in [0.3, 0.4) is 0 Å². The van der Waals surface area contributed by atoms with Gasteiger partial charge in [-0.05, 0) is 23.3 Å². The van der Waals surface area contributed by atoms with Crippen molar-refractivity contribution in [2.75, 3.05) is 5.32 Å². The van der Waals surface area contributed by atoms with Crippen LogP contribution in [0, 0.1) is 0 Å². The predicted octanol–water partition coefficient (Wildman–Crippen LogP) is 5.38. The van der Waals surface area contributed by atoms with Gasteiger partial charge in [0.05, 0.1) is 6.04 Å². The molecule has 2 N–H and O–H groups in total. The van der Waals surface area contributed by atoms with Crippen molar-refractivity contribution in [1.82, 2.24) is 0 Å². The lowest BCUT2D eigenvalue weighted by Gasteiger charge is -2.39. The van der Waals surface area contributed by atoms with Gasteiger partial charge in [-0.25, -0.2) is 0 Å². The molecule has 3 aromatic rings. The first kappa shape index (κ1) is 19.0. The van der Waals surface area contributed by atoms with E-state index in [-0.39, 0.29) is 0 Å². The van der Waals surface area contributed by atoms with Gasteiger partial charge in [-0.3, -0.25) is 0 Å². The van der Waals surface area contributed by atoms with Crippen molar-refractivity contribution in [2.24, 2.45) is 0 Å². The number of para-hydroxylation sites is 1. The molecule has 0 aliphatic carbocycles. The maximum absolute atomic E-state index is 14.1. The van der Waals surface area contributed by atoms with Crippen molar-refractivity contribution in [3.05, 3.63) is 102 Å². The fraction of sp³-hybridized carbons (Fsp3) is 0.182. The molecule has 0 heterocycles. The number of anilines is 1. The molecule has 3 rings (SSSR count). The van der Waals surface area contributed by atoms with E-state index in [0.717, 1.165) is 0 Å². The average molecular weight is 371 g/mol. The number of halogens is 3. The van der Waals surface area contributed by atoms with E-state index >= 15 is 0 Å². The van der Waals surface area contributed by atoms with E-state index in [9.17, 15) is 18.3 Å².